The third-order valence-electron chi connectivity index (χ3n) is 2.20. The Morgan fingerprint density at radius 3 is 2.85 bits per heavy atom. The fourth-order valence-corrected chi connectivity index (χ4v) is 1.72. The molecule has 1 N–H and O–H groups in total. The van der Waals surface area contributed by atoms with Crippen molar-refractivity contribution in [3.63, 3.8) is 0 Å². The van der Waals surface area contributed by atoms with Crippen LogP contribution in [0.3, 0.4) is 0 Å². The fourth-order valence-electron chi connectivity index (χ4n) is 1.47. The van der Waals surface area contributed by atoms with E-state index in [0.717, 1.165) is 25.2 Å². The topological polar surface area (TPSA) is 37.8 Å². The van der Waals surface area contributed by atoms with Gasteiger partial charge in [-0.2, -0.15) is 5.10 Å². The molecule has 0 bridgehead atoms. The summed E-state index contributed by atoms with van der Waals surface area (Å²) in [6.07, 6.45) is 1.09. The van der Waals surface area contributed by atoms with E-state index >= 15 is 0 Å². The molecule has 0 radical (unpaired) electrons. The zero-order valence-corrected chi connectivity index (χ0v) is 8.44. The van der Waals surface area contributed by atoms with Crippen LogP contribution in [0.15, 0.2) is 6.07 Å². The van der Waals surface area contributed by atoms with E-state index in [-0.39, 0.29) is 5.15 Å². The maximum atomic E-state index is 5.84. The van der Waals surface area contributed by atoms with Crippen LogP contribution < -0.4 is 5.32 Å². The van der Waals surface area contributed by atoms with Crippen molar-refractivity contribution < 1.29 is 0 Å². The van der Waals surface area contributed by atoms with Crippen molar-refractivity contribution in [2.24, 2.45) is 0 Å². The van der Waals surface area contributed by atoms with E-state index in [1.165, 1.54) is 0 Å². The van der Waals surface area contributed by atoms with E-state index in [1.807, 2.05) is 0 Å². The van der Waals surface area contributed by atoms with Gasteiger partial charge in [0.2, 0.25) is 0 Å². The van der Waals surface area contributed by atoms with Gasteiger partial charge in [-0.1, -0.05) is 23.2 Å². The lowest BCUT2D eigenvalue weighted by molar-refractivity contribution is 0.714. The summed E-state index contributed by atoms with van der Waals surface area (Å²) in [6, 6.07) is 1.80. The first-order valence-electron chi connectivity index (χ1n) is 4.16. The molecule has 1 atom stereocenters. The van der Waals surface area contributed by atoms with E-state index < -0.39 is 0 Å². The van der Waals surface area contributed by atoms with Crippen molar-refractivity contribution >= 4 is 23.2 Å². The minimum Gasteiger partial charge on any atom is -0.316 e. The summed E-state index contributed by atoms with van der Waals surface area (Å²) in [5, 5.41) is 11.8. The molecular formula is C8H9Cl2N3. The van der Waals surface area contributed by atoms with Crippen molar-refractivity contribution in [3.8, 4) is 0 Å². The normalized spacial score (nSPS) is 22.2. The van der Waals surface area contributed by atoms with Crippen molar-refractivity contribution in [2.75, 3.05) is 13.1 Å². The van der Waals surface area contributed by atoms with E-state index in [2.05, 4.69) is 15.5 Å². The molecule has 13 heavy (non-hydrogen) atoms. The molecule has 1 aromatic heterocycles. The summed E-state index contributed by atoms with van der Waals surface area (Å²) in [5.41, 5.74) is 0.930. The van der Waals surface area contributed by atoms with Crippen LogP contribution >= 0.6 is 23.2 Å². The molecule has 1 aliphatic rings. The number of nitrogens with zero attached hydrogens (tertiary/aromatic N) is 2. The molecule has 1 saturated heterocycles. The quantitative estimate of drug-likeness (QED) is 0.781. The molecule has 1 unspecified atom stereocenters. The molecule has 2 rings (SSSR count). The largest absolute Gasteiger partial charge is 0.316 e. The number of aromatic nitrogens is 2. The summed E-state index contributed by atoms with van der Waals surface area (Å²) < 4.78 is 0. The van der Waals surface area contributed by atoms with E-state index in [0.29, 0.717) is 10.9 Å². The highest BCUT2D eigenvalue weighted by Crippen LogP contribution is 2.25. The van der Waals surface area contributed by atoms with Gasteiger partial charge in [-0.15, -0.1) is 5.10 Å². The van der Waals surface area contributed by atoms with Gasteiger partial charge in [0.05, 0.1) is 10.7 Å². The lowest BCUT2D eigenvalue weighted by atomic mass is 10.1. The van der Waals surface area contributed by atoms with Crippen molar-refractivity contribution in [1.29, 1.82) is 0 Å². The van der Waals surface area contributed by atoms with Crippen LogP contribution in [-0.2, 0) is 0 Å². The minimum absolute atomic E-state index is 0.274. The van der Waals surface area contributed by atoms with Crippen LogP contribution in [0.1, 0.15) is 18.0 Å². The van der Waals surface area contributed by atoms with Gasteiger partial charge in [0.25, 0.3) is 0 Å². The first-order valence-corrected chi connectivity index (χ1v) is 4.92. The number of nitrogens with one attached hydrogen (secondary N) is 1. The SMILES string of the molecule is Clc1cc(C2CCNC2)nnc1Cl. The van der Waals surface area contributed by atoms with Crippen LogP contribution in [0.4, 0.5) is 0 Å². The van der Waals surface area contributed by atoms with Crippen LogP contribution in [0.2, 0.25) is 10.2 Å². The molecule has 0 aromatic carbocycles. The Hall–Kier alpha value is -0.380. The Labute approximate surface area is 86.4 Å². The van der Waals surface area contributed by atoms with Gasteiger partial charge in [0, 0.05) is 12.5 Å². The lowest BCUT2D eigenvalue weighted by Crippen LogP contribution is -2.09. The highest BCUT2D eigenvalue weighted by atomic mass is 35.5. The van der Waals surface area contributed by atoms with Gasteiger partial charge >= 0.3 is 0 Å². The molecule has 70 valence electrons. The highest BCUT2D eigenvalue weighted by molar-refractivity contribution is 6.41. The van der Waals surface area contributed by atoms with E-state index in [4.69, 9.17) is 23.2 Å². The minimum atomic E-state index is 0.274. The summed E-state index contributed by atoms with van der Waals surface area (Å²) in [4.78, 5) is 0. The first-order chi connectivity index (χ1) is 6.27. The summed E-state index contributed by atoms with van der Waals surface area (Å²) in [7, 11) is 0. The molecule has 0 spiro atoms. The molecule has 0 amide bonds. The fraction of sp³-hybridized carbons (Fsp3) is 0.500. The molecule has 0 aliphatic carbocycles. The van der Waals surface area contributed by atoms with Gasteiger partial charge in [0.15, 0.2) is 5.15 Å². The smallest absolute Gasteiger partial charge is 0.170 e. The van der Waals surface area contributed by atoms with Crippen LogP contribution in [0.25, 0.3) is 0 Å². The molecule has 0 saturated carbocycles. The average molecular weight is 218 g/mol. The van der Waals surface area contributed by atoms with Gasteiger partial charge in [-0.25, -0.2) is 0 Å². The second-order valence-electron chi connectivity index (χ2n) is 3.10. The molecule has 2 heterocycles. The summed E-state index contributed by atoms with van der Waals surface area (Å²) in [5.74, 6) is 0.433. The molecular weight excluding hydrogens is 209 g/mol. The Morgan fingerprint density at radius 1 is 1.38 bits per heavy atom. The lowest BCUT2D eigenvalue weighted by Gasteiger charge is -2.06. The Kier molecular flexibility index (Phi) is 2.67. The predicted octanol–water partition coefficient (Wildman–Crippen LogP) is 1.86. The standard InChI is InChI=1S/C8H9Cl2N3/c9-6-3-7(12-13-8(6)10)5-1-2-11-4-5/h3,5,11H,1-2,4H2. The summed E-state index contributed by atoms with van der Waals surface area (Å²) in [6.45, 7) is 1.99. The number of rotatable bonds is 1. The Bertz CT molecular complexity index is 310. The monoisotopic (exact) mass is 217 g/mol. The number of hydrogen-bond acceptors (Lipinski definition) is 3. The van der Waals surface area contributed by atoms with Gasteiger partial charge < -0.3 is 5.32 Å². The highest BCUT2D eigenvalue weighted by Gasteiger charge is 2.19. The van der Waals surface area contributed by atoms with Gasteiger partial charge in [-0.05, 0) is 19.0 Å². The van der Waals surface area contributed by atoms with Gasteiger partial charge in [0.1, 0.15) is 0 Å². The van der Waals surface area contributed by atoms with Crippen LogP contribution in [0.5, 0.6) is 0 Å². The predicted molar refractivity (Wildman–Crippen MR) is 52.3 cm³/mol. The first kappa shape index (κ1) is 9.19. The van der Waals surface area contributed by atoms with E-state index in [1.54, 1.807) is 6.07 Å². The number of hydrogen-bond donors (Lipinski definition) is 1. The molecule has 1 aromatic rings. The summed E-state index contributed by atoms with van der Waals surface area (Å²) >= 11 is 11.5. The van der Waals surface area contributed by atoms with Crippen LogP contribution in [-0.4, -0.2) is 23.3 Å². The zero-order chi connectivity index (χ0) is 9.26. The van der Waals surface area contributed by atoms with E-state index in [9.17, 15) is 0 Å². The molecule has 5 heteroatoms. The third kappa shape index (κ3) is 1.93. The maximum absolute atomic E-state index is 5.84. The zero-order valence-electron chi connectivity index (χ0n) is 6.93. The van der Waals surface area contributed by atoms with Crippen molar-refractivity contribution in [2.45, 2.75) is 12.3 Å². The van der Waals surface area contributed by atoms with Crippen molar-refractivity contribution in [1.82, 2.24) is 15.5 Å². The average Bonchev–Trinajstić information content (AvgIpc) is 2.62. The van der Waals surface area contributed by atoms with Crippen LogP contribution in [0, 0.1) is 0 Å². The second kappa shape index (κ2) is 3.78. The Morgan fingerprint density at radius 2 is 2.23 bits per heavy atom. The molecule has 1 aliphatic heterocycles. The Balaban J connectivity index is 2.25. The third-order valence-corrected chi connectivity index (χ3v) is 2.87. The second-order valence-corrected chi connectivity index (χ2v) is 3.86. The van der Waals surface area contributed by atoms with Gasteiger partial charge in [-0.3, -0.25) is 0 Å². The molecule has 1 fully saturated rings. The number of halogens is 2. The molecule has 3 nitrogen and oxygen atoms in total. The van der Waals surface area contributed by atoms with Crippen molar-refractivity contribution in [3.05, 3.63) is 21.9 Å². The maximum Gasteiger partial charge on any atom is 0.170 e.